The number of carbonyl (C=O) groups excluding carboxylic acids is 1. The summed E-state index contributed by atoms with van der Waals surface area (Å²) >= 11 is 0. The number of piperidine rings is 1. The van der Waals surface area contributed by atoms with Crippen molar-refractivity contribution >= 4 is 11.9 Å². The van der Waals surface area contributed by atoms with Gasteiger partial charge in [0.1, 0.15) is 5.75 Å². The maximum Gasteiger partial charge on any atom is 0.341 e. The summed E-state index contributed by atoms with van der Waals surface area (Å²) in [6.45, 7) is 3.30. The van der Waals surface area contributed by atoms with E-state index in [-0.39, 0.29) is 6.61 Å². The molecule has 0 aliphatic carbocycles. The van der Waals surface area contributed by atoms with E-state index in [1.165, 1.54) is 0 Å². The van der Waals surface area contributed by atoms with Gasteiger partial charge in [-0.3, -0.25) is 9.69 Å². The largest absolute Gasteiger partial charge is 0.482 e. The lowest BCUT2D eigenvalue weighted by molar-refractivity contribution is -0.139. The average Bonchev–Trinajstić information content (AvgIpc) is 3.00. The molecule has 0 spiro atoms. The van der Waals surface area contributed by atoms with Crippen LogP contribution >= 0.6 is 0 Å². The highest BCUT2D eigenvalue weighted by Crippen LogP contribution is 2.23. The molecule has 6 nitrogen and oxygen atoms in total. The second-order valence-corrected chi connectivity index (χ2v) is 6.55. The monoisotopic (exact) mass is 332 g/mol. The molecule has 0 bridgehead atoms. The van der Waals surface area contributed by atoms with Gasteiger partial charge >= 0.3 is 5.97 Å². The Hall–Kier alpha value is -2.08. The van der Waals surface area contributed by atoms with Crippen molar-refractivity contribution in [3.05, 3.63) is 29.8 Å². The number of carboxylic acid groups (broad SMARTS) is 1. The molecule has 0 radical (unpaired) electrons. The summed E-state index contributed by atoms with van der Waals surface area (Å²) in [5, 5.41) is 8.69. The number of ether oxygens (including phenoxy) is 1. The number of nitrogens with zero attached hydrogens (tertiary/aromatic N) is 2. The maximum atomic E-state index is 12.0. The van der Waals surface area contributed by atoms with Gasteiger partial charge in [-0.1, -0.05) is 12.1 Å². The van der Waals surface area contributed by atoms with Gasteiger partial charge in [0.05, 0.1) is 0 Å². The number of amides is 1. The lowest BCUT2D eigenvalue weighted by atomic mass is 10.0. The quantitative estimate of drug-likeness (QED) is 0.859. The number of aliphatic carboxylic acids is 1. The fourth-order valence-corrected chi connectivity index (χ4v) is 3.62. The predicted molar refractivity (Wildman–Crippen MR) is 88.8 cm³/mol. The van der Waals surface area contributed by atoms with Crippen molar-refractivity contribution in [2.75, 3.05) is 26.2 Å². The van der Waals surface area contributed by atoms with Crippen molar-refractivity contribution in [1.82, 2.24) is 9.80 Å². The number of carboxylic acids is 1. The highest BCUT2D eigenvalue weighted by Gasteiger charge is 2.31. The van der Waals surface area contributed by atoms with Crippen LogP contribution in [-0.2, 0) is 16.1 Å². The smallest absolute Gasteiger partial charge is 0.341 e. The first-order chi connectivity index (χ1) is 11.6. The second kappa shape index (κ2) is 7.66. The average molecular weight is 332 g/mol. The molecular formula is C18H24N2O4. The number of hydrogen-bond donors (Lipinski definition) is 1. The second-order valence-electron chi connectivity index (χ2n) is 6.55. The minimum atomic E-state index is -0.977. The summed E-state index contributed by atoms with van der Waals surface area (Å²) < 4.78 is 5.24. The maximum absolute atomic E-state index is 12.0. The number of carbonyl (C=O) groups is 2. The van der Waals surface area contributed by atoms with Gasteiger partial charge < -0.3 is 14.7 Å². The molecule has 1 aromatic rings. The highest BCUT2D eigenvalue weighted by molar-refractivity contribution is 5.78. The van der Waals surface area contributed by atoms with Gasteiger partial charge in [0.2, 0.25) is 5.91 Å². The summed E-state index contributed by atoms with van der Waals surface area (Å²) in [5.74, 6) is -0.0985. The van der Waals surface area contributed by atoms with E-state index in [0.717, 1.165) is 51.0 Å². The Balaban J connectivity index is 1.58. The molecule has 2 fully saturated rings. The zero-order chi connectivity index (χ0) is 16.9. The number of likely N-dealkylation sites (tertiary alicyclic amines) is 2. The van der Waals surface area contributed by atoms with Crippen molar-refractivity contribution in [3.8, 4) is 5.75 Å². The van der Waals surface area contributed by atoms with Crippen LogP contribution in [-0.4, -0.2) is 59.1 Å². The van der Waals surface area contributed by atoms with Crippen LogP contribution in [0.15, 0.2) is 24.3 Å². The van der Waals surface area contributed by atoms with Gasteiger partial charge in [-0.2, -0.15) is 0 Å². The third kappa shape index (κ3) is 4.26. The van der Waals surface area contributed by atoms with Crippen LogP contribution in [0.25, 0.3) is 0 Å². The Kier molecular flexibility index (Phi) is 5.35. The Labute approximate surface area is 142 Å². The van der Waals surface area contributed by atoms with E-state index in [9.17, 15) is 9.59 Å². The molecule has 3 rings (SSSR count). The van der Waals surface area contributed by atoms with Gasteiger partial charge in [-0.15, -0.1) is 0 Å². The van der Waals surface area contributed by atoms with Crippen molar-refractivity contribution in [2.24, 2.45) is 0 Å². The highest BCUT2D eigenvalue weighted by atomic mass is 16.5. The van der Waals surface area contributed by atoms with Crippen LogP contribution in [0.2, 0.25) is 0 Å². The van der Waals surface area contributed by atoms with Gasteiger partial charge in [0.15, 0.2) is 6.61 Å². The van der Waals surface area contributed by atoms with E-state index >= 15 is 0 Å². The molecule has 1 aromatic carbocycles. The molecule has 2 aliphatic rings. The summed E-state index contributed by atoms with van der Waals surface area (Å²) in [6.07, 6.45) is 3.87. The van der Waals surface area contributed by atoms with Crippen LogP contribution in [0.1, 0.15) is 31.2 Å². The molecule has 6 heteroatoms. The normalized spacial score (nSPS) is 21.9. The number of rotatable bonds is 6. The molecule has 24 heavy (non-hydrogen) atoms. The van der Waals surface area contributed by atoms with Crippen LogP contribution < -0.4 is 4.74 Å². The molecular weight excluding hydrogens is 308 g/mol. The Bertz CT molecular complexity index is 604. The van der Waals surface area contributed by atoms with E-state index in [4.69, 9.17) is 9.84 Å². The van der Waals surface area contributed by atoms with E-state index in [2.05, 4.69) is 9.80 Å². The van der Waals surface area contributed by atoms with Gasteiger partial charge in [0.25, 0.3) is 0 Å². The standard InChI is InChI=1S/C18H24N2O4/c21-17-7-3-9-20(17)15-5-2-8-19(12-15)11-14-4-1-6-16(10-14)24-13-18(22)23/h1,4,6,10,15H,2-3,5,7-9,11-13H2,(H,22,23)/t15-/m0/s1. The van der Waals surface area contributed by atoms with Crippen LogP contribution in [0.4, 0.5) is 0 Å². The molecule has 2 saturated heterocycles. The molecule has 2 aliphatic heterocycles. The zero-order valence-electron chi connectivity index (χ0n) is 13.8. The van der Waals surface area contributed by atoms with Crippen LogP contribution in [0, 0.1) is 0 Å². The van der Waals surface area contributed by atoms with Crippen molar-refractivity contribution < 1.29 is 19.4 Å². The summed E-state index contributed by atoms with van der Waals surface area (Å²) in [5.41, 5.74) is 1.10. The minimum absolute atomic E-state index is 0.297. The Morgan fingerprint density at radius 3 is 2.92 bits per heavy atom. The van der Waals surface area contributed by atoms with Gasteiger partial charge in [-0.05, 0) is 43.5 Å². The third-order valence-electron chi connectivity index (χ3n) is 4.70. The number of hydrogen-bond acceptors (Lipinski definition) is 4. The van der Waals surface area contributed by atoms with E-state index in [1.54, 1.807) is 6.07 Å². The van der Waals surface area contributed by atoms with E-state index in [0.29, 0.717) is 24.1 Å². The Morgan fingerprint density at radius 1 is 1.29 bits per heavy atom. The molecule has 130 valence electrons. The first kappa shape index (κ1) is 16.8. The lowest BCUT2D eigenvalue weighted by Gasteiger charge is -2.37. The third-order valence-corrected chi connectivity index (χ3v) is 4.70. The topological polar surface area (TPSA) is 70.1 Å². The fourth-order valence-electron chi connectivity index (χ4n) is 3.62. The molecule has 1 N–H and O–H groups in total. The van der Waals surface area contributed by atoms with E-state index in [1.807, 2.05) is 18.2 Å². The summed E-state index contributed by atoms with van der Waals surface area (Å²) in [7, 11) is 0. The van der Waals surface area contributed by atoms with Gasteiger partial charge in [-0.25, -0.2) is 4.79 Å². The molecule has 0 unspecified atom stereocenters. The Morgan fingerprint density at radius 2 is 2.17 bits per heavy atom. The summed E-state index contributed by atoms with van der Waals surface area (Å²) in [6, 6.07) is 7.91. The van der Waals surface area contributed by atoms with Crippen LogP contribution in [0.3, 0.4) is 0 Å². The van der Waals surface area contributed by atoms with Crippen molar-refractivity contribution in [2.45, 2.75) is 38.3 Å². The number of benzene rings is 1. The minimum Gasteiger partial charge on any atom is -0.482 e. The summed E-state index contributed by atoms with van der Waals surface area (Å²) in [4.78, 5) is 27.0. The zero-order valence-corrected chi connectivity index (χ0v) is 13.8. The lowest BCUT2D eigenvalue weighted by Crippen LogP contribution is -2.48. The van der Waals surface area contributed by atoms with Crippen molar-refractivity contribution in [1.29, 1.82) is 0 Å². The fraction of sp³-hybridized carbons (Fsp3) is 0.556. The molecule has 0 saturated carbocycles. The first-order valence-electron chi connectivity index (χ1n) is 8.57. The predicted octanol–water partition coefficient (Wildman–Crippen LogP) is 1.74. The van der Waals surface area contributed by atoms with E-state index < -0.39 is 5.97 Å². The molecule has 1 amide bonds. The molecule has 0 aromatic heterocycles. The first-order valence-corrected chi connectivity index (χ1v) is 8.57. The molecule has 1 atom stereocenters. The molecule has 2 heterocycles. The van der Waals surface area contributed by atoms with Gasteiger partial charge in [0, 0.05) is 32.1 Å². The van der Waals surface area contributed by atoms with Crippen molar-refractivity contribution in [3.63, 3.8) is 0 Å². The SMILES string of the molecule is O=C(O)COc1cccc(CN2CCC[C@H](N3CCCC3=O)C2)c1. The van der Waals surface area contributed by atoms with Crippen LogP contribution in [0.5, 0.6) is 5.75 Å².